The van der Waals surface area contributed by atoms with Gasteiger partial charge in [-0.25, -0.2) is 13.8 Å². The number of carbonyl (C=O) groups is 1. The number of nitrogens with zero attached hydrogens (tertiary/aromatic N) is 2. The summed E-state index contributed by atoms with van der Waals surface area (Å²) in [5, 5.41) is 19.3. The number of aromatic nitrogens is 2. The van der Waals surface area contributed by atoms with Crippen molar-refractivity contribution in [2.45, 2.75) is 38.5 Å². The van der Waals surface area contributed by atoms with Gasteiger partial charge in [-0.2, -0.15) is 0 Å². The summed E-state index contributed by atoms with van der Waals surface area (Å²) in [7, 11) is 0. The van der Waals surface area contributed by atoms with E-state index in [0.717, 1.165) is 23.6 Å². The number of aliphatic hydroxyl groups is 1. The van der Waals surface area contributed by atoms with Crippen molar-refractivity contribution in [3.63, 3.8) is 0 Å². The summed E-state index contributed by atoms with van der Waals surface area (Å²) in [6.07, 6.45) is 3.25. The van der Waals surface area contributed by atoms with Crippen molar-refractivity contribution >= 4 is 17.2 Å². The first-order valence-corrected chi connectivity index (χ1v) is 12.9. The van der Waals surface area contributed by atoms with Crippen LogP contribution in [0.5, 0.6) is 0 Å². The van der Waals surface area contributed by atoms with E-state index in [4.69, 9.17) is 0 Å². The predicted octanol–water partition coefficient (Wildman–Crippen LogP) is 4.54. The zero-order chi connectivity index (χ0) is 26.2. The second-order valence-corrected chi connectivity index (χ2v) is 9.57. The van der Waals surface area contributed by atoms with Gasteiger partial charge in [-0.1, -0.05) is 31.2 Å². The standard InChI is InChI=1S/C28H28F2N4O2S/c1-2-18-5-3-6-19(9-18)14-32-16-26(35)24(12-20-10-22(29)13-23(30)11-20)33-27(36)25-17-37-28(34-25)21-7-4-8-31-15-21/h3-11,13,15,17,24,26,32,35H,2,12,14,16H2,1H3,(H,33,36)/t24-,26-/m0/s1. The molecule has 3 N–H and O–H groups in total. The molecule has 4 aromatic rings. The first-order valence-electron chi connectivity index (χ1n) is 12.0. The molecule has 0 aliphatic rings. The molecular weight excluding hydrogens is 494 g/mol. The van der Waals surface area contributed by atoms with Gasteiger partial charge < -0.3 is 15.7 Å². The first kappa shape index (κ1) is 26.5. The lowest BCUT2D eigenvalue weighted by Crippen LogP contribution is -2.48. The number of halogens is 2. The monoisotopic (exact) mass is 522 g/mol. The Morgan fingerprint density at radius 1 is 1.05 bits per heavy atom. The van der Waals surface area contributed by atoms with E-state index in [2.05, 4.69) is 39.7 Å². The average Bonchev–Trinajstić information content (AvgIpc) is 3.39. The van der Waals surface area contributed by atoms with E-state index in [0.29, 0.717) is 17.1 Å². The quantitative estimate of drug-likeness (QED) is 0.269. The molecular formula is C28H28F2N4O2S. The van der Waals surface area contributed by atoms with Crippen molar-refractivity contribution in [2.75, 3.05) is 6.54 Å². The predicted molar refractivity (Wildman–Crippen MR) is 140 cm³/mol. The maximum Gasteiger partial charge on any atom is 0.271 e. The smallest absolute Gasteiger partial charge is 0.271 e. The lowest BCUT2D eigenvalue weighted by Gasteiger charge is -2.24. The Kier molecular flexibility index (Phi) is 9.05. The van der Waals surface area contributed by atoms with Crippen molar-refractivity contribution < 1.29 is 18.7 Å². The van der Waals surface area contributed by atoms with E-state index < -0.39 is 29.7 Å². The van der Waals surface area contributed by atoms with Crippen molar-refractivity contribution in [2.24, 2.45) is 0 Å². The van der Waals surface area contributed by atoms with E-state index in [9.17, 15) is 18.7 Å². The van der Waals surface area contributed by atoms with E-state index in [1.165, 1.54) is 29.0 Å². The van der Waals surface area contributed by atoms with Crippen LogP contribution in [0.2, 0.25) is 0 Å². The van der Waals surface area contributed by atoms with Crippen LogP contribution in [0.4, 0.5) is 8.78 Å². The maximum atomic E-state index is 13.8. The molecule has 2 aromatic carbocycles. The van der Waals surface area contributed by atoms with Crippen LogP contribution in [-0.4, -0.2) is 39.7 Å². The van der Waals surface area contributed by atoms with Gasteiger partial charge >= 0.3 is 0 Å². The molecule has 6 nitrogen and oxygen atoms in total. The number of pyridine rings is 1. The van der Waals surface area contributed by atoms with Crippen LogP contribution in [0.15, 0.2) is 72.4 Å². The highest BCUT2D eigenvalue weighted by Gasteiger charge is 2.24. The highest BCUT2D eigenvalue weighted by atomic mass is 32.1. The van der Waals surface area contributed by atoms with Crippen LogP contribution < -0.4 is 10.6 Å². The molecule has 192 valence electrons. The molecule has 2 atom stereocenters. The molecule has 1 amide bonds. The number of aryl methyl sites for hydroxylation is 1. The largest absolute Gasteiger partial charge is 0.390 e. The fourth-order valence-electron chi connectivity index (χ4n) is 3.97. The molecule has 0 fully saturated rings. The third-order valence-corrected chi connectivity index (χ3v) is 6.78. The summed E-state index contributed by atoms with van der Waals surface area (Å²) in [6.45, 7) is 2.78. The number of hydrogen-bond donors (Lipinski definition) is 3. The van der Waals surface area contributed by atoms with Crippen LogP contribution in [0.3, 0.4) is 0 Å². The molecule has 0 bridgehead atoms. The molecule has 4 rings (SSSR count). The molecule has 0 saturated heterocycles. The molecule has 0 radical (unpaired) electrons. The van der Waals surface area contributed by atoms with Gasteiger partial charge in [0.1, 0.15) is 22.3 Å². The number of aliphatic hydroxyl groups excluding tert-OH is 1. The van der Waals surface area contributed by atoms with Crippen LogP contribution in [-0.2, 0) is 19.4 Å². The molecule has 0 aliphatic carbocycles. The van der Waals surface area contributed by atoms with Crippen LogP contribution in [0.25, 0.3) is 10.6 Å². The van der Waals surface area contributed by atoms with Crippen LogP contribution in [0.1, 0.15) is 34.1 Å². The Morgan fingerprint density at radius 3 is 2.57 bits per heavy atom. The summed E-state index contributed by atoms with van der Waals surface area (Å²) in [4.78, 5) is 21.5. The highest BCUT2D eigenvalue weighted by molar-refractivity contribution is 7.13. The van der Waals surface area contributed by atoms with E-state index in [-0.39, 0.29) is 18.7 Å². The van der Waals surface area contributed by atoms with Crippen molar-refractivity contribution in [3.8, 4) is 10.6 Å². The van der Waals surface area contributed by atoms with Gasteiger partial charge in [-0.3, -0.25) is 9.78 Å². The molecule has 2 heterocycles. The number of nitrogens with one attached hydrogen (secondary N) is 2. The molecule has 37 heavy (non-hydrogen) atoms. The molecule has 0 saturated carbocycles. The van der Waals surface area contributed by atoms with E-state index in [1.54, 1.807) is 23.8 Å². The van der Waals surface area contributed by atoms with Gasteiger partial charge in [-0.05, 0) is 53.8 Å². The van der Waals surface area contributed by atoms with Crippen molar-refractivity contribution in [3.05, 3.63) is 106 Å². The zero-order valence-corrected chi connectivity index (χ0v) is 21.1. The van der Waals surface area contributed by atoms with Crippen molar-refractivity contribution in [1.29, 1.82) is 0 Å². The normalized spacial score (nSPS) is 12.8. The lowest BCUT2D eigenvalue weighted by molar-refractivity contribution is 0.0826. The zero-order valence-electron chi connectivity index (χ0n) is 20.3. The molecule has 9 heteroatoms. The number of carbonyl (C=O) groups excluding carboxylic acids is 1. The third kappa shape index (κ3) is 7.48. The Bertz CT molecular complexity index is 1310. The van der Waals surface area contributed by atoms with Gasteiger partial charge in [0.2, 0.25) is 0 Å². The van der Waals surface area contributed by atoms with Crippen LogP contribution in [0, 0.1) is 11.6 Å². The highest BCUT2D eigenvalue weighted by Crippen LogP contribution is 2.23. The summed E-state index contributed by atoms with van der Waals surface area (Å²) >= 11 is 1.30. The van der Waals surface area contributed by atoms with Gasteiger partial charge in [0.05, 0.1) is 12.1 Å². The Labute approximate surface area is 218 Å². The van der Waals surface area contributed by atoms with Gasteiger partial charge in [0, 0.05) is 42.5 Å². The Morgan fingerprint density at radius 2 is 1.84 bits per heavy atom. The summed E-state index contributed by atoms with van der Waals surface area (Å²) in [5.41, 5.74) is 3.59. The molecule has 0 spiro atoms. The lowest BCUT2D eigenvalue weighted by atomic mass is 10.00. The topological polar surface area (TPSA) is 87.1 Å². The molecule has 0 aliphatic heterocycles. The minimum Gasteiger partial charge on any atom is -0.390 e. The minimum atomic E-state index is -1.03. The fraction of sp³-hybridized carbons (Fsp3) is 0.250. The number of benzene rings is 2. The first-order chi connectivity index (χ1) is 17.9. The van der Waals surface area contributed by atoms with Crippen LogP contribution >= 0.6 is 11.3 Å². The second-order valence-electron chi connectivity index (χ2n) is 8.71. The summed E-state index contributed by atoms with van der Waals surface area (Å²) in [6, 6.07) is 14.1. The number of hydrogen-bond acceptors (Lipinski definition) is 6. The fourth-order valence-corrected chi connectivity index (χ4v) is 4.77. The Balaban J connectivity index is 1.46. The summed E-state index contributed by atoms with van der Waals surface area (Å²) in [5.74, 6) is -1.92. The number of amides is 1. The van der Waals surface area contributed by atoms with E-state index >= 15 is 0 Å². The van der Waals surface area contributed by atoms with Crippen molar-refractivity contribution in [1.82, 2.24) is 20.6 Å². The third-order valence-electron chi connectivity index (χ3n) is 5.89. The van der Waals surface area contributed by atoms with E-state index in [1.807, 2.05) is 18.2 Å². The maximum absolute atomic E-state index is 13.8. The van der Waals surface area contributed by atoms with Gasteiger partial charge in [0.25, 0.3) is 5.91 Å². The number of rotatable bonds is 11. The average molecular weight is 523 g/mol. The van der Waals surface area contributed by atoms with Gasteiger partial charge in [-0.15, -0.1) is 11.3 Å². The molecule has 2 aromatic heterocycles. The second kappa shape index (κ2) is 12.6. The SMILES string of the molecule is CCc1cccc(CNC[C@H](O)[C@H](Cc2cc(F)cc(F)c2)NC(=O)c2csc(-c3cccnc3)n2)c1. The Hall–Kier alpha value is -3.53. The number of thiazole rings is 1. The van der Waals surface area contributed by atoms with Gasteiger partial charge in [0.15, 0.2) is 0 Å². The molecule has 0 unspecified atom stereocenters. The summed E-state index contributed by atoms with van der Waals surface area (Å²) < 4.78 is 27.6. The minimum absolute atomic E-state index is 0.0359.